The summed E-state index contributed by atoms with van der Waals surface area (Å²) < 4.78 is 5.30. The third-order valence-corrected chi connectivity index (χ3v) is 3.22. The van der Waals surface area contributed by atoms with Crippen LogP contribution in [0.1, 0.15) is 11.4 Å². The van der Waals surface area contributed by atoms with E-state index in [0.717, 1.165) is 24.2 Å². The van der Waals surface area contributed by atoms with Crippen molar-refractivity contribution in [1.29, 1.82) is 0 Å². The van der Waals surface area contributed by atoms with Crippen molar-refractivity contribution in [2.45, 2.75) is 13.3 Å². The molecule has 0 saturated carbocycles. The number of hydrogen-bond acceptors (Lipinski definition) is 4. The second-order valence-corrected chi connectivity index (χ2v) is 4.92. The maximum atomic E-state index is 5.30. The molecule has 0 bridgehead atoms. The average molecular weight is 279 g/mol. The lowest BCUT2D eigenvalue weighted by atomic mass is 10.1. The Morgan fingerprint density at radius 3 is 2.52 bits per heavy atom. The number of para-hydroxylation sites is 1. The fourth-order valence-corrected chi connectivity index (χ4v) is 2.04. The molecule has 1 N–H and O–H groups in total. The van der Waals surface area contributed by atoms with Crippen LogP contribution in [0.4, 0.5) is 5.69 Å². The number of hydrogen-bond donors (Lipinski definition) is 1. The van der Waals surface area contributed by atoms with Crippen LogP contribution in [0, 0.1) is 6.92 Å². The van der Waals surface area contributed by atoms with E-state index in [1.54, 1.807) is 0 Å². The minimum absolute atomic E-state index is 0.574. The maximum absolute atomic E-state index is 5.30. The zero-order chi connectivity index (χ0) is 14.5. The summed E-state index contributed by atoms with van der Waals surface area (Å²) in [4.78, 5) is 4.42. The van der Waals surface area contributed by atoms with Crippen LogP contribution >= 0.6 is 0 Å². The van der Waals surface area contributed by atoms with Gasteiger partial charge in [0.15, 0.2) is 5.82 Å². The first kappa shape index (κ1) is 13.4. The van der Waals surface area contributed by atoms with Gasteiger partial charge in [0.1, 0.15) is 0 Å². The molecule has 0 spiro atoms. The van der Waals surface area contributed by atoms with E-state index in [1.165, 1.54) is 5.56 Å². The van der Waals surface area contributed by atoms with Crippen molar-refractivity contribution in [3.8, 4) is 11.5 Å². The summed E-state index contributed by atoms with van der Waals surface area (Å²) in [6, 6.07) is 18.1. The normalized spacial score (nSPS) is 10.5. The largest absolute Gasteiger partial charge is 0.385 e. The number of anilines is 1. The summed E-state index contributed by atoms with van der Waals surface area (Å²) >= 11 is 0. The van der Waals surface area contributed by atoms with Crippen LogP contribution in [0.3, 0.4) is 0 Å². The van der Waals surface area contributed by atoms with Gasteiger partial charge in [-0.3, -0.25) is 0 Å². The van der Waals surface area contributed by atoms with E-state index in [9.17, 15) is 0 Å². The number of aromatic nitrogens is 2. The fraction of sp³-hybridized carbons (Fsp3) is 0.176. The maximum Gasteiger partial charge on any atom is 0.257 e. The molecule has 0 amide bonds. The smallest absolute Gasteiger partial charge is 0.257 e. The molecule has 3 aromatic rings. The highest BCUT2D eigenvalue weighted by atomic mass is 16.5. The Morgan fingerprint density at radius 2 is 1.76 bits per heavy atom. The molecule has 0 aliphatic carbocycles. The third kappa shape index (κ3) is 3.48. The third-order valence-electron chi connectivity index (χ3n) is 3.22. The quantitative estimate of drug-likeness (QED) is 0.773. The number of benzene rings is 2. The van der Waals surface area contributed by atoms with Crippen LogP contribution in [0.25, 0.3) is 11.5 Å². The Balaban J connectivity index is 1.59. The first-order valence-corrected chi connectivity index (χ1v) is 7.00. The molecule has 2 aromatic carbocycles. The van der Waals surface area contributed by atoms with Crippen LogP contribution in [0.5, 0.6) is 0 Å². The molecule has 0 aliphatic rings. The summed E-state index contributed by atoms with van der Waals surface area (Å²) in [6.45, 7) is 2.83. The second-order valence-electron chi connectivity index (χ2n) is 4.92. The van der Waals surface area contributed by atoms with Gasteiger partial charge in [0.2, 0.25) is 0 Å². The van der Waals surface area contributed by atoms with Gasteiger partial charge in [-0.25, -0.2) is 0 Å². The Morgan fingerprint density at radius 1 is 1.00 bits per heavy atom. The summed E-state index contributed by atoms with van der Waals surface area (Å²) in [5.74, 6) is 1.29. The fourth-order valence-electron chi connectivity index (χ4n) is 2.04. The van der Waals surface area contributed by atoms with Crippen molar-refractivity contribution in [1.82, 2.24) is 10.1 Å². The van der Waals surface area contributed by atoms with Crippen LogP contribution in [0.15, 0.2) is 59.1 Å². The molecule has 4 nitrogen and oxygen atoms in total. The number of aryl methyl sites for hydroxylation is 1. The molecular formula is C17H17N3O. The Hall–Kier alpha value is -2.62. The summed E-state index contributed by atoms with van der Waals surface area (Å²) in [7, 11) is 0. The topological polar surface area (TPSA) is 51.0 Å². The summed E-state index contributed by atoms with van der Waals surface area (Å²) in [6.07, 6.45) is 0.726. The van der Waals surface area contributed by atoms with E-state index in [4.69, 9.17) is 4.52 Å². The van der Waals surface area contributed by atoms with Crippen LogP contribution in [-0.2, 0) is 6.42 Å². The number of nitrogens with zero attached hydrogens (tertiary/aromatic N) is 2. The highest BCUT2D eigenvalue weighted by molar-refractivity contribution is 5.53. The first-order valence-electron chi connectivity index (χ1n) is 7.00. The van der Waals surface area contributed by atoms with Crippen LogP contribution in [0.2, 0.25) is 0 Å². The number of nitrogens with one attached hydrogen (secondary N) is 1. The zero-order valence-electron chi connectivity index (χ0n) is 11.9. The molecule has 3 rings (SSSR count). The van der Waals surface area contributed by atoms with Gasteiger partial charge >= 0.3 is 0 Å². The second kappa shape index (κ2) is 6.22. The summed E-state index contributed by atoms with van der Waals surface area (Å²) in [5, 5.41) is 7.35. The number of rotatable bonds is 5. The molecule has 0 unspecified atom stereocenters. The SMILES string of the molecule is Cc1ccc(-c2nc(CCNc3ccccc3)no2)cc1. The van der Waals surface area contributed by atoms with Crippen molar-refractivity contribution in [3.05, 3.63) is 66.0 Å². The van der Waals surface area contributed by atoms with Crippen molar-refractivity contribution in [2.75, 3.05) is 11.9 Å². The molecule has 21 heavy (non-hydrogen) atoms. The lowest BCUT2D eigenvalue weighted by Crippen LogP contribution is -2.05. The molecule has 4 heteroatoms. The van der Waals surface area contributed by atoms with E-state index < -0.39 is 0 Å². The zero-order valence-corrected chi connectivity index (χ0v) is 11.9. The molecule has 0 saturated heterocycles. The van der Waals surface area contributed by atoms with Gasteiger partial charge in [-0.05, 0) is 31.2 Å². The summed E-state index contributed by atoms with van der Waals surface area (Å²) in [5.41, 5.74) is 3.26. The van der Waals surface area contributed by atoms with Crippen LogP contribution < -0.4 is 5.32 Å². The van der Waals surface area contributed by atoms with Gasteiger partial charge in [0, 0.05) is 24.2 Å². The highest BCUT2D eigenvalue weighted by Gasteiger charge is 2.08. The van der Waals surface area contributed by atoms with E-state index in [-0.39, 0.29) is 0 Å². The van der Waals surface area contributed by atoms with Crippen molar-refractivity contribution in [3.63, 3.8) is 0 Å². The average Bonchev–Trinajstić information content (AvgIpc) is 2.98. The molecule has 0 radical (unpaired) electrons. The Kier molecular flexibility index (Phi) is 3.96. The van der Waals surface area contributed by atoms with Gasteiger partial charge in [-0.15, -0.1) is 0 Å². The Bertz CT molecular complexity index is 690. The van der Waals surface area contributed by atoms with Gasteiger partial charge in [-0.2, -0.15) is 4.98 Å². The first-order chi connectivity index (χ1) is 10.3. The molecular weight excluding hydrogens is 262 g/mol. The predicted molar refractivity (Wildman–Crippen MR) is 83.1 cm³/mol. The van der Waals surface area contributed by atoms with Gasteiger partial charge in [0.05, 0.1) is 0 Å². The van der Waals surface area contributed by atoms with E-state index in [1.807, 2.05) is 54.6 Å². The molecule has 0 fully saturated rings. The monoisotopic (exact) mass is 279 g/mol. The van der Waals surface area contributed by atoms with Crippen molar-refractivity contribution >= 4 is 5.69 Å². The highest BCUT2D eigenvalue weighted by Crippen LogP contribution is 2.17. The van der Waals surface area contributed by atoms with Gasteiger partial charge in [-0.1, -0.05) is 41.1 Å². The minimum Gasteiger partial charge on any atom is -0.385 e. The Labute approximate surface area is 123 Å². The van der Waals surface area contributed by atoms with E-state index >= 15 is 0 Å². The molecule has 1 aromatic heterocycles. The molecule has 0 atom stereocenters. The predicted octanol–water partition coefficient (Wildman–Crippen LogP) is 3.70. The van der Waals surface area contributed by atoms with Crippen molar-refractivity contribution in [2.24, 2.45) is 0 Å². The standard InChI is InChI=1S/C17H17N3O/c1-13-7-9-14(10-8-13)17-19-16(20-21-17)11-12-18-15-5-3-2-4-6-15/h2-10,18H,11-12H2,1H3. The molecule has 0 aliphatic heterocycles. The lowest BCUT2D eigenvalue weighted by Gasteiger charge is -2.03. The minimum atomic E-state index is 0.574. The lowest BCUT2D eigenvalue weighted by molar-refractivity contribution is 0.423. The van der Waals surface area contributed by atoms with E-state index in [0.29, 0.717) is 11.7 Å². The van der Waals surface area contributed by atoms with Gasteiger partial charge < -0.3 is 9.84 Å². The molecule has 106 valence electrons. The van der Waals surface area contributed by atoms with E-state index in [2.05, 4.69) is 22.4 Å². The van der Waals surface area contributed by atoms with Gasteiger partial charge in [0.25, 0.3) is 5.89 Å². The molecule has 1 heterocycles. The van der Waals surface area contributed by atoms with Crippen molar-refractivity contribution < 1.29 is 4.52 Å². The van der Waals surface area contributed by atoms with Crippen LogP contribution in [-0.4, -0.2) is 16.7 Å².